The van der Waals surface area contributed by atoms with Crippen LogP contribution in [0.2, 0.25) is 5.28 Å². The van der Waals surface area contributed by atoms with Gasteiger partial charge >= 0.3 is 6.09 Å². The number of carboxylic acid groups (broad SMARTS) is 1. The third-order valence-corrected chi connectivity index (χ3v) is 3.90. The molecular formula is C13H16ClN5O2. The van der Waals surface area contributed by atoms with Crippen LogP contribution in [-0.4, -0.2) is 50.2 Å². The molecule has 2 aromatic heterocycles. The maximum absolute atomic E-state index is 11.1. The normalized spacial score (nSPS) is 19.0. The van der Waals surface area contributed by atoms with Crippen LogP contribution in [0.5, 0.6) is 0 Å². The summed E-state index contributed by atoms with van der Waals surface area (Å²) in [6.45, 7) is 2.99. The lowest BCUT2D eigenvalue weighted by atomic mass is 10.1. The highest BCUT2D eigenvalue weighted by Crippen LogP contribution is 2.26. The van der Waals surface area contributed by atoms with Crippen molar-refractivity contribution in [3.63, 3.8) is 0 Å². The van der Waals surface area contributed by atoms with Crippen LogP contribution < -0.4 is 5.32 Å². The molecule has 0 spiro atoms. The lowest BCUT2D eigenvalue weighted by Gasteiger charge is -2.31. The lowest BCUT2D eigenvalue weighted by molar-refractivity contribution is 0.133. The van der Waals surface area contributed by atoms with Crippen LogP contribution >= 0.6 is 11.6 Å². The first-order valence-corrected chi connectivity index (χ1v) is 7.18. The highest BCUT2D eigenvalue weighted by molar-refractivity contribution is 6.28. The van der Waals surface area contributed by atoms with Gasteiger partial charge in [0.15, 0.2) is 0 Å². The standard InChI is InChI=1S/C13H16ClN5O2/c1-7-5-15-10-9(7)11(18-12(14)17-10)16-8-3-2-4-19(6-8)13(20)21/h5,8H,2-4,6H2,1H3,(H,20,21)(H2,15,16,17,18). The molecule has 3 heterocycles. The Bertz CT molecular complexity index is 686. The number of H-pyrrole nitrogens is 1. The molecule has 8 heteroatoms. The molecule has 1 amide bonds. The molecule has 21 heavy (non-hydrogen) atoms. The molecule has 7 nitrogen and oxygen atoms in total. The van der Waals surface area contributed by atoms with Crippen LogP contribution in [0.25, 0.3) is 11.0 Å². The van der Waals surface area contributed by atoms with Crippen LogP contribution in [0.4, 0.5) is 10.6 Å². The van der Waals surface area contributed by atoms with Gasteiger partial charge < -0.3 is 20.3 Å². The van der Waals surface area contributed by atoms with Crippen molar-refractivity contribution in [3.05, 3.63) is 17.0 Å². The molecule has 0 radical (unpaired) electrons. The van der Waals surface area contributed by atoms with Crippen LogP contribution in [-0.2, 0) is 0 Å². The molecule has 1 saturated heterocycles. The zero-order chi connectivity index (χ0) is 15.0. The molecule has 0 aromatic carbocycles. The van der Waals surface area contributed by atoms with Gasteiger partial charge in [-0.25, -0.2) is 9.78 Å². The van der Waals surface area contributed by atoms with Gasteiger partial charge in [0, 0.05) is 25.3 Å². The van der Waals surface area contributed by atoms with E-state index in [1.807, 2.05) is 13.1 Å². The predicted molar refractivity (Wildman–Crippen MR) is 79.9 cm³/mol. The highest BCUT2D eigenvalue weighted by Gasteiger charge is 2.24. The van der Waals surface area contributed by atoms with E-state index in [0.717, 1.165) is 23.8 Å². The van der Waals surface area contributed by atoms with Gasteiger partial charge in [-0.3, -0.25) is 0 Å². The summed E-state index contributed by atoms with van der Waals surface area (Å²) in [5.41, 5.74) is 1.70. The Morgan fingerprint density at radius 2 is 2.38 bits per heavy atom. The average molecular weight is 310 g/mol. The molecule has 3 rings (SSSR count). The summed E-state index contributed by atoms with van der Waals surface area (Å²) < 4.78 is 0. The van der Waals surface area contributed by atoms with Gasteiger partial charge in [-0.1, -0.05) is 0 Å². The number of aromatic amines is 1. The summed E-state index contributed by atoms with van der Waals surface area (Å²) in [5.74, 6) is 0.654. The first-order chi connectivity index (χ1) is 10.0. The second kappa shape index (κ2) is 5.40. The van der Waals surface area contributed by atoms with E-state index in [2.05, 4.69) is 20.3 Å². The van der Waals surface area contributed by atoms with E-state index in [4.69, 9.17) is 16.7 Å². The maximum atomic E-state index is 11.1. The van der Waals surface area contributed by atoms with Gasteiger partial charge in [0.1, 0.15) is 11.5 Å². The summed E-state index contributed by atoms with van der Waals surface area (Å²) in [5, 5.41) is 13.5. The molecule has 1 unspecified atom stereocenters. The minimum absolute atomic E-state index is 0.0262. The molecule has 1 aliphatic rings. The molecule has 3 N–H and O–H groups in total. The Balaban J connectivity index is 1.87. The predicted octanol–water partition coefficient (Wildman–Crippen LogP) is 2.47. The van der Waals surface area contributed by atoms with Crippen molar-refractivity contribution in [3.8, 4) is 0 Å². The SMILES string of the molecule is Cc1c[nH]c2nc(Cl)nc(NC3CCCN(C(=O)O)C3)c12. The van der Waals surface area contributed by atoms with Gasteiger partial charge in [-0.05, 0) is 36.9 Å². The van der Waals surface area contributed by atoms with E-state index >= 15 is 0 Å². The fourth-order valence-electron chi connectivity index (χ4n) is 2.73. The second-order valence-electron chi connectivity index (χ2n) is 5.25. The Kier molecular flexibility index (Phi) is 3.59. The highest BCUT2D eigenvalue weighted by atomic mass is 35.5. The molecular weight excluding hydrogens is 294 g/mol. The zero-order valence-corrected chi connectivity index (χ0v) is 12.3. The second-order valence-corrected chi connectivity index (χ2v) is 5.59. The van der Waals surface area contributed by atoms with Crippen molar-refractivity contribution >= 4 is 34.5 Å². The molecule has 0 saturated carbocycles. The van der Waals surface area contributed by atoms with E-state index in [1.165, 1.54) is 4.90 Å². The van der Waals surface area contributed by atoms with Crippen molar-refractivity contribution < 1.29 is 9.90 Å². The number of amides is 1. The molecule has 2 aromatic rings. The number of hydrogen-bond acceptors (Lipinski definition) is 4. The first-order valence-electron chi connectivity index (χ1n) is 6.80. The number of halogens is 1. The van der Waals surface area contributed by atoms with Crippen molar-refractivity contribution in [1.29, 1.82) is 0 Å². The van der Waals surface area contributed by atoms with Crippen molar-refractivity contribution in [2.24, 2.45) is 0 Å². The van der Waals surface area contributed by atoms with Crippen molar-refractivity contribution in [2.45, 2.75) is 25.8 Å². The van der Waals surface area contributed by atoms with Gasteiger partial charge in [0.25, 0.3) is 0 Å². The number of aryl methyl sites for hydroxylation is 1. The van der Waals surface area contributed by atoms with Crippen LogP contribution in [0.15, 0.2) is 6.20 Å². The van der Waals surface area contributed by atoms with E-state index in [1.54, 1.807) is 0 Å². The lowest BCUT2D eigenvalue weighted by Crippen LogP contribution is -2.44. The third kappa shape index (κ3) is 2.73. The molecule has 0 bridgehead atoms. The number of rotatable bonds is 2. The van der Waals surface area contributed by atoms with Gasteiger partial charge in [-0.15, -0.1) is 0 Å². The van der Waals surface area contributed by atoms with E-state index in [0.29, 0.717) is 24.6 Å². The smallest absolute Gasteiger partial charge is 0.407 e. The Labute approximate surface area is 126 Å². The Morgan fingerprint density at radius 1 is 1.57 bits per heavy atom. The van der Waals surface area contributed by atoms with Gasteiger partial charge in [0.05, 0.1) is 5.39 Å². The number of aromatic nitrogens is 3. The molecule has 1 fully saturated rings. The van der Waals surface area contributed by atoms with E-state index in [9.17, 15) is 4.79 Å². The van der Waals surface area contributed by atoms with Crippen molar-refractivity contribution in [1.82, 2.24) is 19.9 Å². The van der Waals surface area contributed by atoms with E-state index in [-0.39, 0.29) is 11.3 Å². The number of carbonyl (C=O) groups is 1. The van der Waals surface area contributed by atoms with Crippen LogP contribution in [0.3, 0.4) is 0 Å². The van der Waals surface area contributed by atoms with Gasteiger partial charge in [-0.2, -0.15) is 4.98 Å². The number of piperidine rings is 1. The van der Waals surface area contributed by atoms with E-state index < -0.39 is 6.09 Å². The topological polar surface area (TPSA) is 94.1 Å². The van der Waals surface area contributed by atoms with Crippen LogP contribution in [0, 0.1) is 6.92 Å². The minimum atomic E-state index is -0.884. The maximum Gasteiger partial charge on any atom is 0.407 e. The molecule has 0 aliphatic carbocycles. The largest absolute Gasteiger partial charge is 0.465 e. The number of likely N-dealkylation sites (tertiary alicyclic amines) is 1. The Morgan fingerprint density at radius 3 is 3.14 bits per heavy atom. The fourth-order valence-corrected chi connectivity index (χ4v) is 2.90. The summed E-state index contributed by atoms with van der Waals surface area (Å²) in [7, 11) is 0. The first kappa shape index (κ1) is 13.9. The summed E-state index contributed by atoms with van der Waals surface area (Å²) in [6, 6.07) is 0.0262. The summed E-state index contributed by atoms with van der Waals surface area (Å²) in [4.78, 5) is 24.0. The molecule has 1 aliphatic heterocycles. The summed E-state index contributed by atoms with van der Waals surface area (Å²) >= 11 is 5.94. The number of nitrogens with one attached hydrogen (secondary N) is 2. The number of fused-ring (bicyclic) bond motifs is 1. The Hall–Kier alpha value is -2.02. The molecule has 112 valence electrons. The number of nitrogens with zero attached hydrogens (tertiary/aromatic N) is 3. The average Bonchev–Trinajstić information content (AvgIpc) is 2.80. The number of anilines is 1. The third-order valence-electron chi connectivity index (χ3n) is 3.73. The number of hydrogen-bond donors (Lipinski definition) is 3. The van der Waals surface area contributed by atoms with Gasteiger partial charge in [0.2, 0.25) is 5.28 Å². The summed E-state index contributed by atoms with van der Waals surface area (Å²) in [6.07, 6.45) is 2.70. The molecule has 1 atom stereocenters. The van der Waals surface area contributed by atoms with Crippen molar-refractivity contribution in [2.75, 3.05) is 18.4 Å². The quantitative estimate of drug-likeness (QED) is 0.741. The monoisotopic (exact) mass is 309 g/mol. The fraction of sp³-hybridized carbons (Fsp3) is 0.462. The zero-order valence-electron chi connectivity index (χ0n) is 11.6. The minimum Gasteiger partial charge on any atom is -0.465 e. The van der Waals surface area contributed by atoms with Crippen LogP contribution in [0.1, 0.15) is 18.4 Å².